The molecule has 1 nitrogen and oxygen atoms in total. The number of benzene rings is 2. The largest absolute Gasteiger partial charge is 0.318 e. The molecule has 2 N–H and O–H groups in total. The third kappa shape index (κ3) is 2.51. The number of rotatable bonds is 2. The normalized spacial score (nSPS) is 14.2. The summed E-state index contributed by atoms with van der Waals surface area (Å²) in [4.78, 5) is 0. The molecule has 3 heteroatoms. The molecule has 100 valence electrons. The van der Waals surface area contributed by atoms with Crippen LogP contribution in [-0.4, -0.2) is 0 Å². The summed E-state index contributed by atoms with van der Waals surface area (Å²) in [5, 5.41) is 0. The van der Waals surface area contributed by atoms with Gasteiger partial charge in [-0.05, 0) is 55.2 Å². The van der Waals surface area contributed by atoms with Crippen LogP contribution in [0.3, 0.4) is 0 Å². The smallest absolute Gasteiger partial charge is 0.126 e. The summed E-state index contributed by atoms with van der Waals surface area (Å²) >= 11 is 0. The van der Waals surface area contributed by atoms with Gasteiger partial charge in [-0.2, -0.15) is 0 Å². The molecule has 0 heterocycles. The zero-order chi connectivity index (χ0) is 14.2. The van der Waals surface area contributed by atoms with Crippen LogP contribution >= 0.6 is 0 Å². The minimum absolute atomic E-state index is 0.269. The summed E-state index contributed by atoms with van der Waals surface area (Å²) in [6.45, 7) is 5.18. The average Bonchev–Trinajstić information content (AvgIpc) is 2.35. The molecule has 2 rings (SSSR count). The predicted octanol–water partition coefficient (Wildman–Crippen LogP) is 3.80. The number of hydrogen-bond acceptors (Lipinski definition) is 1. The Kier molecular flexibility index (Phi) is 3.42. The van der Waals surface area contributed by atoms with Gasteiger partial charge in [0.05, 0.1) is 5.54 Å². The van der Waals surface area contributed by atoms with Crippen molar-refractivity contribution in [3.05, 3.63) is 70.3 Å². The van der Waals surface area contributed by atoms with Crippen LogP contribution in [0.5, 0.6) is 0 Å². The number of hydrogen-bond donors (Lipinski definition) is 1. The highest BCUT2D eigenvalue weighted by Gasteiger charge is 2.25. The Hall–Kier alpha value is -1.74. The van der Waals surface area contributed by atoms with Crippen molar-refractivity contribution in [1.82, 2.24) is 0 Å². The van der Waals surface area contributed by atoms with Crippen molar-refractivity contribution < 1.29 is 8.78 Å². The van der Waals surface area contributed by atoms with Gasteiger partial charge >= 0.3 is 0 Å². The SMILES string of the molecule is Cc1cc(C(C)(N)c2ccc(C)c(F)c2)ccc1F. The van der Waals surface area contributed by atoms with Crippen LogP contribution in [0.2, 0.25) is 0 Å². The lowest BCUT2D eigenvalue weighted by molar-refractivity contribution is 0.572. The van der Waals surface area contributed by atoms with Crippen molar-refractivity contribution in [2.24, 2.45) is 5.73 Å². The van der Waals surface area contributed by atoms with E-state index in [0.717, 1.165) is 5.56 Å². The maximum absolute atomic E-state index is 13.7. The summed E-state index contributed by atoms with van der Waals surface area (Å²) in [7, 11) is 0. The fourth-order valence-electron chi connectivity index (χ4n) is 2.05. The Balaban J connectivity index is 2.51. The fraction of sp³-hybridized carbons (Fsp3) is 0.250. The van der Waals surface area contributed by atoms with Gasteiger partial charge in [0.15, 0.2) is 0 Å². The van der Waals surface area contributed by atoms with E-state index >= 15 is 0 Å². The van der Waals surface area contributed by atoms with Crippen LogP contribution in [0.1, 0.15) is 29.2 Å². The minimum atomic E-state index is -0.854. The first-order chi connectivity index (χ1) is 8.82. The molecular weight excluding hydrogens is 244 g/mol. The van der Waals surface area contributed by atoms with Crippen LogP contribution in [0.15, 0.2) is 36.4 Å². The molecule has 0 bridgehead atoms. The van der Waals surface area contributed by atoms with Crippen LogP contribution in [0, 0.1) is 25.5 Å². The highest BCUT2D eigenvalue weighted by Crippen LogP contribution is 2.28. The second kappa shape index (κ2) is 4.74. The van der Waals surface area contributed by atoms with Gasteiger partial charge in [-0.1, -0.05) is 24.3 Å². The van der Waals surface area contributed by atoms with E-state index in [1.807, 2.05) is 0 Å². The highest BCUT2D eigenvalue weighted by atomic mass is 19.1. The van der Waals surface area contributed by atoms with E-state index in [9.17, 15) is 8.78 Å². The zero-order valence-corrected chi connectivity index (χ0v) is 11.3. The van der Waals surface area contributed by atoms with Crippen molar-refractivity contribution in [1.29, 1.82) is 0 Å². The molecule has 19 heavy (non-hydrogen) atoms. The second-order valence-electron chi connectivity index (χ2n) is 5.13. The molecular formula is C16H17F2N. The Morgan fingerprint density at radius 2 is 1.42 bits per heavy atom. The molecule has 0 aliphatic rings. The first-order valence-corrected chi connectivity index (χ1v) is 6.14. The quantitative estimate of drug-likeness (QED) is 0.874. The number of halogens is 2. The Morgan fingerprint density at radius 3 is 2.00 bits per heavy atom. The summed E-state index contributed by atoms with van der Waals surface area (Å²) in [5.74, 6) is -0.553. The highest BCUT2D eigenvalue weighted by molar-refractivity contribution is 5.40. The number of nitrogens with two attached hydrogens (primary N) is 1. The lowest BCUT2D eigenvalue weighted by Gasteiger charge is -2.26. The van der Waals surface area contributed by atoms with E-state index in [0.29, 0.717) is 16.7 Å². The van der Waals surface area contributed by atoms with Gasteiger partial charge in [0, 0.05) is 0 Å². The summed E-state index contributed by atoms with van der Waals surface area (Å²) < 4.78 is 27.0. The van der Waals surface area contributed by atoms with Crippen LogP contribution < -0.4 is 5.73 Å². The van der Waals surface area contributed by atoms with Crippen molar-refractivity contribution in [2.45, 2.75) is 26.3 Å². The fourth-order valence-corrected chi connectivity index (χ4v) is 2.05. The molecule has 0 radical (unpaired) electrons. The van der Waals surface area contributed by atoms with Crippen LogP contribution in [-0.2, 0) is 5.54 Å². The zero-order valence-electron chi connectivity index (χ0n) is 11.3. The van der Waals surface area contributed by atoms with E-state index in [4.69, 9.17) is 5.73 Å². The molecule has 2 aromatic rings. The lowest BCUT2D eigenvalue weighted by Crippen LogP contribution is -2.34. The third-order valence-corrected chi connectivity index (χ3v) is 3.53. The van der Waals surface area contributed by atoms with Crippen LogP contribution in [0.25, 0.3) is 0 Å². The molecule has 0 saturated heterocycles. The minimum Gasteiger partial charge on any atom is -0.318 e. The van der Waals surface area contributed by atoms with E-state index in [1.54, 1.807) is 45.0 Å². The molecule has 2 aromatic carbocycles. The second-order valence-corrected chi connectivity index (χ2v) is 5.13. The van der Waals surface area contributed by atoms with Gasteiger partial charge in [0.25, 0.3) is 0 Å². The molecule has 0 spiro atoms. The first kappa shape index (κ1) is 13.7. The van der Waals surface area contributed by atoms with Gasteiger partial charge in [-0.3, -0.25) is 0 Å². The Morgan fingerprint density at radius 1 is 0.842 bits per heavy atom. The van der Waals surface area contributed by atoms with Gasteiger partial charge in [0.1, 0.15) is 11.6 Å². The average molecular weight is 261 g/mol. The van der Waals surface area contributed by atoms with Gasteiger partial charge < -0.3 is 5.73 Å². The van der Waals surface area contributed by atoms with E-state index in [2.05, 4.69) is 0 Å². The van der Waals surface area contributed by atoms with Crippen LogP contribution in [0.4, 0.5) is 8.78 Å². The van der Waals surface area contributed by atoms with Crippen molar-refractivity contribution in [2.75, 3.05) is 0 Å². The third-order valence-electron chi connectivity index (χ3n) is 3.53. The monoisotopic (exact) mass is 261 g/mol. The first-order valence-electron chi connectivity index (χ1n) is 6.14. The maximum atomic E-state index is 13.7. The predicted molar refractivity (Wildman–Crippen MR) is 72.9 cm³/mol. The van der Waals surface area contributed by atoms with E-state index in [1.165, 1.54) is 12.1 Å². The van der Waals surface area contributed by atoms with Crippen molar-refractivity contribution in [3.8, 4) is 0 Å². The molecule has 1 unspecified atom stereocenters. The van der Waals surface area contributed by atoms with Crippen molar-refractivity contribution in [3.63, 3.8) is 0 Å². The molecule has 0 saturated carbocycles. The maximum Gasteiger partial charge on any atom is 0.126 e. The molecule has 0 fully saturated rings. The molecule has 0 aliphatic heterocycles. The topological polar surface area (TPSA) is 26.0 Å². The lowest BCUT2D eigenvalue weighted by atomic mass is 9.84. The van der Waals surface area contributed by atoms with Gasteiger partial charge in [-0.25, -0.2) is 8.78 Å². The summed E-state index contributed by atoms with van der Waals surface area (Å²) in [6.07, 6.45) is 0. The molecule has 0 aliphatic carbocycles. The summed E-state index contributed by atoms with van der Waals surface area (Å²) in [6, 6.07) is 9.67. The van der Waals surface area contributed by atoms with Gasteiger partial charge in [0.2, 0.25) is 0 Å². The number of aryl methyl sites for hydroxylation is 2. The van der Waals surface area contributed by atoms with Crippen molar-refractivity contribution >= 4 is 0 Å². The Labute approximate surface area is 112 Å². The molecule has 0 aromatic heterocycles. The van der Waals surface area contributed by atoms with E-state index < -0.39 is 5.54 Å². The van der Waals surface area contributed by atoms with Gasteiger partial charge in [-0.15, -0.1) is 0 Å². The molecule has 1 atom stereocenters. The summed E-state index contributed by atoms with van der Waals surface area (Å²) in [5.41, 5.74) is 7.99. The van der Waals surface area contributed by atoms with E-state index in [-0.39, 0.29) is 11.6 Å². The standard InChI is InChI=1S/C16H17F2N/c1-10-4-5-13(9-15(10)18)16(3,19)12-6-7-14(17)11(2)8-12/h4-9H,19H2,1-3H3. The molecule has 0 amide bonds. The Bertz CT molecular complexity index is 565.